The normalized spacial score (nSPS) is 20.7. The van der Waals surface area contributed by atoms with Crippen molar-refractivity contribution in [3.05, 3.63) is 59.0 Å². The first-order chi connectivity index (χ1) is 17.9. The standard InChI is InChI=1S/C24H22ClF3N6O3S/c25-15-3-1-14(2-4-15)12-34-19-9-16(17(26)10-20(19)38(36,37)13-18(29)23(34)35)22-31-21(11-30-32-22)33-7-5-24(27,28)6-8-33/h1-4,9-11,18H,5-8,12-13,29H2/t18-/m0/s1. The van der Waals surface area contributed by atoms with Crippen LogP contribution in [0.3, 0.4) is 0 Å². The number of nitrogens with zero attached hydrogens (tertiary/aromatic N) is 5. The van der Waals surface area contributed by atoms with Gasteiger partial charge in [0.15, 0.2) is 21.5 Å². The Bertz CT molecular complexity index is 1500. The van der Waals surface area contributed by atoms with Crippen molar-refractivity contribution in [2.24, 2.45) is 5.73 Å². The number of carbonyl (C=O) groups excluding carboxylic acids is 1. The Morgan fingerprint density at radius 2 is 1.82 bits per heavy atom. The number of benzene rings is 2. The predicted molar refractivity (Wildman–Crippen MR) is 134 cm³/mol. The minimum atomic E-state index is -4.13. The highest BCUT2D eigenvalue weighted by Crippen LogP contribution is 2.37. The van der Waals surface area contributed by atoms with E-state index in [1.165, 1.54) is 17.2 Å². The molecule has 1 amide bonds. The summed E-state index contributed by atoms with van der Waals surface area (Å²) < 4.78 is 68.7. The monoisotopic (exact) mass is 566 g/mol. The van der Waals surface area contributed by atoms with Gasteiger partial charge in [0, 0.05) is 31.0 Å². The molecule has 0 aliphatic carbocycles. The molecule has 38 heavy (non-hydrogen) atoms. The zero-order chi connectivity index (χ0) is 27.2. The average Bonchev–Trinajstić information content (AvgIpc) is 2.93. The maximum atomic E-state index is 15.4. The maximum absolute atomic E-state index is 15.4. The fourth-order valence-electron chi connectivity index (χ4n) is 4.45. The third-order valence-electron chi connectivity index (χ3n) is 6.52. The molecule has 0 spiro atoms. The smallest absolute Gasteiger partial charge is 0.251 e. The summed E-state index contributed by atoms with van der Waals surface area (Å²) in [5, 5.41) is 8.22. The number of fused-ring (bicyclic) bond motifs is 1. The second-order valence-corrected chi connectivity index (χ2v) is 11.7. The third kappa shape index (κ3) is 5.18. The lowest BCUT2D eigenvalue weighted by Crippen LogP contribution is -2.45. The van der Waals surface area contributed by atoms with E-state index in [2.05, 4.69) is 15.2 Å². The molecule has 2 aliphatic rings. The molecule has 0 radical (unpaired) electrons. The van der Waals surface area contributed by atoms with Gasteiger partial charge in [0.2, 0.25) is 5.91 Å². The first-order valence-electron chi connectivity index (χ1n) is 11.6. The SMILES string of the molecule is N[C@H]1CS(=O)(=O)c2cc(F)c(-c3nncc(N4CCC(F)(F)CC4)n3)cc2N(Cc2ccc(Cl)cc2)C1=O. The molecule has 0 unspecified atom stereocenters. The van der Waals surface area contributed by atoms with Gasteiger partial charge < -0.3 is 15.5 Å². The number of piperidine rings is 1. The molecular formula is C24H22ClF3N6O3S. The van der Waals surface area contributed by atoms with E-state index in [4.69, 9.17) is 17.3 Å². The van der Waals surface area contributed by atoms with Gasteiger partial charge in [-0.25, -0.2) is 26.6 Å². The van der Waals surface area contributed by atoms with Crippen LogP contribution in [0.25, 0.3) is 11.4 Å². The molecule has 1 aromatic heterocycles. The number of aromatic nitrogens is 3. The molecule has 1 saturated heterocycles. The average molecular weight is 567 g/mol. The summed E-state index contributed by atoms with van der Waals surface area (Å²) in [6, 6.07) is 7.20. The molecule has 2 aliphatic heterocycles. The fraction of sp³-hybridized carbons (Fsp3) is 0.333. The zero-order valence-electron chi connectivity index (χ0n) is 19.8. The van der Waals surface area contributed by atoms with E-state index in [9.17, 15) is 22.0 Å². The Balaban J connectivity index is 1.59. The molecule has 1 fully saturated rings. The third-order valence-corrected chi connectivity index (χ3v) is 8.56. The summed E-state index contributed by atoms with van der Waals surface area (Å²) >= 11 is 5.96. The largest absolute Gasteiger partial charge is 0.355 e. The van der Waals surface area contributed by atoms with Crippen molar-refractivity contribution in [1.29, 1.82) is 0 Å². The van der Waals surface area contributed by atoms with Crippen LogP contribution in [0, 0.1) is 5.82 Å². The Labute approximate surface area is 221 Å². The topological polar surface area (TPSA) is 122 Å². The van der Waals surface area contributed by atoms with Crippen LogP contribution in [0.5, 0.6) is 0 Å². The summed E-state index contributed by atoms with van der Waals surface area (Å²) in [5.41, 5.74) is 6.27. The first-order valence-corrected chi connectivity index (χ1v) is 13.7. The molecule has 9 nitrogen and oxygen atoms in total. The molecule has 1 atom stereocenters. The van der Waals surface area contributed by atoms with Gasteiger partial charge >= 0.3 is 0 Å². The number of alkyl halides is 2. The number of amides is 1. The van der Waals surface area contributed by atoms with Gasteiger partial charge in [0.25, 0.3) is 5.92 Å². The summed E-state index contributed by atoms with van der Waals surface area (Å²) in [4.78, 5) is 19.9. The minimum absolute atomic E-state index is 0.0251. The maximum Gasteiger partial charge on any atom is 0.251 e. The van der Waals surface area contributed by atoms with Crippen molar-refractivity contribution < 1.29 is 26.4 Å². The Kier molecular flexibility index (Phi) is 6.78. The van der Waals surface area contributed by atoms with Crippen molar-refractivity contribution in [2.75, 3.05) is 28.6 Å². The fourth-order valence-corrected chi connectivity index (χ4v) is 6.14. The number of rotatable bonds is 4. The van der Waals surface area contributed by atoms with E-state index in [1.807, 2.05) is 0 Å². The Hall–Kier alpha value is -3.29. The summed E-state index contributed by atoms with van der Waals surface area (Å²) in [7, 11) is -4.13. The highest BCUT2D eigenvalue weighted by molar-refractivity contribution is 7.91. The molecule has 14 heteroatoms. The number of carbonyl (C=O) groups is 1. The molecule has 200 valence electrons. The lowest BCUT2D eigenvalue weighted by Gasteiger charge is -2.32. The second kappa shape index (κ2) is 9.79. The quantitative estimate of drug-likeness (QED) is 0.511. The van der Waals surface area contributed by atoms with Gasteiger partial charge in [0.05, 0.1) is 40.7 Å². The Morgan fingerprint density at radius 3 is 2.50 bits per heavy atom. The van der Waals surface area contributed by atoms with Gasteiger partial charge in [-0.2, -0.15) is 5.10 Å². The van der Waals surface area contributed by atoms with Crippen LogP contribution in [0.4, 0.5) is 24.7 Å². The van der Waals surface area contributed by atoms with Gasteiger partial charge in [0.1, 0.15) is 5.82 Å². The van der Waals surface area contributed by atoms with E-state index in [0.29, 0.717) is 10.6 Å². The van der Waals surface area contributed by atoms with E-state index in [0.717, 1.165) is 6.07 Å². The van der Waals surface area contributed by atoms with Crippen molar-refractivity contribution in [3.8, 4) is 11.4 Å². The first kappa shape index (κ1) is 26.3. The number of sulfone groups is 1. The van der Waals surface area contributed by atoms with Crippen molar-refractivity contribution in [3.63, 3.8) is 0 Å². The molecule has 2 aromatic carbocycles. The highest BCUT2D eigenvalue weighted by Gasteiger charge is 2.38. The van der Waals surface area contributed by atoms with Gasteiger partial charge in [-0.15, -0.1) is 5.10 Å². The lowest BCUT2D eigenvalue weighted by atomic mass is 10.1. The molecular weight excluding hydrogens is 545 g/mol. The molecule has 5 rings (SSSR count). The summed E-state index contributed by atoms with van der Waals surface area (Å²) in [6.45, 7) is -0.00690. The predicted octanol–water partition coefficient (Wildman–Crippen LogP) is 3.21. The molecule has 3 heterocycles. The highest BCUT2D eigenvalue weighted by atomic mass is 35.5. The number of hydrogen-bond donors (Lipinski definition) is 1. The molecule has 2 N–H and O–H groups in total. The minimum Gasteiger partial charge on any atom is -0.355 e. The van der Waals surface area contributed by atoms with Crippen molar-refractivity contribution in [2.45, 2.75) is 36.2 Å². The Morgan fingerprint density at radius 1 is 1.13 bits per heavy atom. The van der Waals surface area contributed by atoms with Crippen LogP contribution < -0.4 is 15.5 Å². The summed E-state index contributed by atoms with van der Waals surface area (Å²) in [5.74, 6) is -5.04. The van der Waals surface area contributed by atoms with Crippen LogP contribution in [0.1, 0.15) is 18.4 Å². The van der Waals surface area contributed by atoms with Gasteiger partial charge in [-0.3, -0.25) is 4.79 Å². The van der Waals surface area contributed by atoms with Crippen molar-refractivity contribution >= 4 is 38.9 Å². The number of halogens is 4. The number of hydrogen-bond acceptors (Lipinski definition) is 8. The zero-order valence-corrected chi connectivity index (χ0v) is 21.4. The van der Waals surface area contributed by atoms with Crippen LogP contribution in [0.15, 0.2) is 47.5 Å². The van der Waals surface area contributed by atoms with E-state index < -0.39 is 44.2 Å². The van der Waals surface area contributed by atoms with Crippen LogP contribution >= 0.6 is 11.6 Å². The molecule has 0 bridgehead atoms. The lowest BCUT2D eigenvalue weighted by molar-refractivity contribution is -0.119. The van der Waals surface area contributed by atoms with E-state index in [-0.39, 0.29) is 55.4 Å². The number of nitrogens with two attached hydrogens (primary N) is 1. The molecule has 0 saturated carbocycles. The second-order valence-electron chi connectivity index (χ2n) is 9.22. The van der Waals surface area contributed by atoms with E-state index >= 15 is 4.39 Å². The van der Waals surface area contributed by atoms with Crippen molar-refractivity contribution in [1.82, 2.24) is 15.2 Å². The van der Waals surface area contributed by atoms with Crippen LogP contribution in [-0.4, -0.2) is 60.3 Å². The summed E-state index contributed by atoms with van der Waals surface area (Å²) in [6.07, 6.45) is 0.563. The van der Waals surface area contributed by atoms with Crippen LogP contribution in [-0.2, 0) is 21.2 Å². The van der Waals surface area contributed by atoms with E-state index in [1.54, 1.807) is 29.2 Å². The van der Waals surface area contributed by atoms with Gasteiger partial charge in [-0.1, -0.05) is 23.7 Å². The van der Waals surface area contributed by atoms with Crippen LogP contribution in [0.2, 0.25) is 5.02 Å². The molecule has 3 aromatic rings. The number of anilines is 2. The van der Waals surface area contributed by atoms with Gasteiger partial charge in [-0.05, 0) is 29.8 Å².